The molecule has 1 aromatic rings. The molecule has 0 radical (unpaired) electrons. The summed E-state index contributed by atoms with van der Waals surface area (Å²) in [5, 5.41) is 8.66. The van der Waals surface area contributed by atoms with Gasteiger partial charge in [-0.25, -0.2) is 4.79 Å². The summed E-state index contributed by atoms with van der Waals surface area (Å²) < 4.78 is 10.7. The van der Waals surface area contributed by atoms with E-state index in [4.69, 9.17) is 14.6 Å². The maximum Gasteiger partial charge on any atom is 0.377 e. The van der Waals surface area contributed by atoms with Crippen molar-refractivity contribution in [2.24, 2.45) is 5.92 Å². The third-order valence-corrected chi connectivity index (χ3v) is 2.79. The summed E-state index contributed by atoms with van der Waals surface area (Å²) in [6, 6.07) is 4.37. The zero-order valence-electron chi connectivity index (χ0n) is 10.0. The van der Waals surface area contributed by atoms with E-state index in [0.717, 1.165) is 12.8 Å². The Morgan fingerprint density at radius 2 is 2.06 bits per heavy atom. The molecule has 18 heavy (non-hydrogen) atoms. The number of ketones is 1. The highest BCUT2D eigenvalue weighted by Crippen LogP contribution is 2.33. The van der Waals surface area contributed by atoms with Crippen molar-refractivity contribution in [1.29, 1.82) is 0 Å². The molecule has 0 heterocycles. The highest BCUT2D eigenvalue weighted by molar-refractivity contribution is 6.39. The quantitative estimate of drug-likeness (QED) is 0.615. The normalized spacial score (nSPS) is 14.1. The van der Waals surface area contributed by atoms with Crippen molar-refractivity contribution in [3.63, 3.8) is 0 Å². The summed E-state index contributed by atoms with van der Waals surface area (Å²) in [5.41, 5.74) is 0.0918. The number of methoxy groups -OCH3 is 1. The molecule has 0 saturated heterocycles. The molecule has 1 N–H and O–H groups in total. The lowest BCUT2D eigenvalue weighted by atomic mass is 10.1. The van der Waals surface area contributed by atoms with Crippen LogP contribution in [-0.4, -0.2) is 30.6 Å². The van der Waals surface area contributed by atoms with E-state index in [1.807, 2.05) is 0 Å². The van der Waals surface area contributed by atoms with Crippen molar-refractivity contribution in [3.05, 3.63) is 23.8 Å². The minimum absolute atomic E-state index is 0.0918. The van der Waals surface area contributed by atoms with Crippen molar-refractivity contribution in [2.75, 3.05) is 13.7 Å². The van der Waals surface area contributed by atoms with E-state index in [0.29, 0.717) is 24.0 Å². The number of carbonyl (C=O) groups excluding carboxylic acids is 1. The zero-order chi connectivity index (χ0) is 13.1. The topological polar surface area (TPSA) is 72.8 Å². The Labute approximate surface area is 104 Å². The van der Waals surface area contributed by atoms with Crippen LogP contribution in [0.25, 0.3) is 0 Å². The van der Waals surface area contributed by atoms with Crippen LogP contribution in [0.5, 0.6) is 11.5 Å². The van der Waals surface area contributed by atoms with Crippen LogP contribution in [0.3, 0.4) is 0 Å². The summed E-state index contributed by atoms with van der Waals surface area (Å²) in [4.78, 5) is 22.0. The fraction of sp³-hybridized carbons (Fsp3) is 0.385. The summed E-state index contributed by atoms with van der Waals surface area (Å²) in [7, 11) is 1.50. The summed E-state index contributed by atoms with van der Waals surface area (Å²) >= 11 is 0. The van der Waals surface area contributed by atoms with Gasteiger partial charge >= 0.3 is 5.97 Å². The average Bonchev–Trinajstić information content (AvgIpc) is 3.19. The predicted molar refractivity (Wildman–Crippen MR) is 63.2 cm³/mol. The second-order valence-corrected chi connectivity index (χ2v) is 4.25. The van der Waals surface area contributed by atoms with Crippen LogP contribution >= 0.6 is 0 Å². The van der Waals surface area contributed by atoms with Gasteiger partial charge in [0.2, 0.25) is 0 Å². The minimum Gasteiger partial charge on any atom is -0.493 e. The first-order chi connectivity index (χ1) is 8.61. The van der Waals surface area contributed by atoms with Crippen LogP contribution in [0.4, 0.5) is 0 Å². The maximum atomic E-state index is 11.4. The Hall–Kier alpha value is -2.04. The highest BCUT2D eigenvalue weighted by Gasteiger charge is 2.23. The van der Waals surface area contributed by atoms with Gasteiger partial charge in [-0.2, -0.15) is 0 Å². The van der Waals surface area contributed by atoms with Crippen molar-refractivity contribution in [2.45, 2.75) is 12.8 Å². The molecule has 1 aliphatic carbocycles. The molecule has 5 heteroatoms. The van der Waals surface area contributed by atoms with Gasteiger partial charge in [-0.15, -0.1) is 0 Å². The average molecular weight is 250 g/mol. The first-order valence-electron chi connectivity index (χ1n) is 5.70. The lowest BCUT2D eigenvalue weighted by Gasteiger charge is -2.11. The Kier molecular flexibility index (Phi) is 3.50. The Balaban J connectivity index is 2.19. The van der Waals surface area contributed by atoms with Gasteiger partial charge < -0.3 is 14.6 Å². The molecular formula is C13H14O5. The number of rotatable bonds is 6. The molecule has 1 fully saturated rings. The SMILES string of the molecule is COc1ccc(C(=O)C(=O)O)cc1OCC1CC1. The monoisotopic (exact) mass is 250 g/mol. The van der Waals surface area contributed by atoms with E-state index in [9.17, 15) is 9.59 Å². The third kappa shape index (κ3) is 2.80. The molecule has 0 aromatic heterocycles. The van der Waals surface area contributed by atoms with Crippen molar-refractivity contribution in [1.82, 2.24) is 0 Å². The lowest BCUT2D eigenvalue weighted by Crippen LogP contribution is -2.13. The molecule has 1 saturated carbocycles. The number of benzene rings is 1. The van der Waals surface area contributed by atoms with Gasteiger partial charge in [0.25, 0.3) is 5.78 Å². The number of hydrogen-bond acceptors (Lipinski definition) is 4. The first-order valence-corrected chi connectivity index (χ1v) is 5.70. The molecule has 0 aliphatic heterocycles. The molecular weight excluding hydrogens is 236 g/mol. The maximum absolute atomic E-state index is 11.4. The van der Waals surface area contributed by atoms with Gasteiger partial charge in [0.15, 0.2) is 11.5 Å². The minimum atomic E-state index is -1.48. The van der Waals surface area contributed by atoms with Crippen LogP contribution < -0.4 is 9.47 Å². The Bertz CT molecular complexity index is 476. The van der Waals surface area contributed by atoms with Crippen molar-refractivity contribution < 1.29 is 24.2 Å². The summed E-state index contributed by atoms with van der Waals surface area (Å²) in [6.07, 6.45) is 2.30. The standard InChI is InChI=1S/C13H14O5/c1-17-10-5-4-9(12(14)13(15)16)6-11(10)18-7-8-2-3-8/h4-6,8H,2-3,7H2,1H3,(H,15,16). The van der Waals surface area contributed by atoms with Gasteiger partial charge in [-0.05, 0) is 37.0 Å². The van der Waals surface area contributed by atoms with E-state index in [1.165, 1.54) is 19.2 Å². The molecule has 0 amide bonds. The molecule has 1 aliphatic rings. The zero-order valence-corrected chi connectivity index (χ0v) is 10.0. The van der Waals surface area contributed by atoms with Gasteiger partial charge in [0.05, 0.1) is 13.7 Å². The number of ether oxygens (including phenoxy) is 2. The van der Waals surface area contributed by atoms with E-state index in [2.05, 4.69) is 0 Å². The van der Waals surface area contributed by atoms with E-state index >= 15 is 0 Å². The van der Waals surface area contributed by atoms with E-state index < -0.39 is 11.8 Å². The van der Waals surface area contributed by atoms with E-state index in [-0.39, 0.29) is 5.56 Å². The molecule has 0 atom stereocenters. The first kappa shape index (κ1) is 12.4. The van der Waals surface area contributed by atoms with Gasteiger partial charge in [0, 0.05) is 5.56 Å². The molecule has 1 aromatic carbocycles. The van der Waals surface area contributed by atoms with Crippen LogP contribution in [0.1, 0.15) is 23.2 Å². The van der Waals surface area contributed by atoms with Crippen LogP contribution in [0, 0.1) is 5.92 Å². The van der Waals surface area contributed by atoms with Gasteiger partial charge in [-0.3, -0.25) is 4.79 Å². The number of carbonyl (C=O) groups is 2. The van der Waals surface area contributed by atoms with Crippen LogP contribution in [0.15, 0.2) is 18.2 Å². The van der Waals surface area contributed by atoms with Crippen LogP contribution in [-0.2, 0) is 4.79 Å². The fourth-order valence-corrected chi connectivity index (χ4v) is 1.55. The predicted octanol–water partition coefficient (Wildman–Crippen LogP) is 1.75. The second kappa shape index (κ2) is 5.08. The second-order valence-electron chi connectivity index (χ2n) is 4.25. The Morgan fingerprint density at radius 1 is 1.33 bits per heavy atom. The smallest absolute Gasteiger partial charge is 0.377 e. The molecule has 2 rings (SSSR count). The molecule has 0 spiro atoms. The lowest BCUT2D eigenvalue weighted by molar-refractivity contribution is -0.131. The molecule has 0 unspecified atom stereocenters. The summed E-state index contributed by atoms with van der Waals surface area (Å²) in [5.74, 6) is -0.954. The molecule has 96 valence electrons. The largest absolute Gasteiger partial charge is 0.493 e. The third-order valence-electron chi connectivity index (χ3n) is 2.79. The number of carboxylic acids is 1. The number of carboxylic acid groups (broad SMARTS) is 1. The van der Waals surface area contributed by atoms with Crippen LogP contribution in [0.2, 0.25) is 0 Å². The number of aliphatic carboxylic acids is 1. The highest BCUT2D eigenvalue weighted by atomic mass is 16.5. The summed E-state index contributed by atoms with van der Waals surface area (Å²) in [6.45, 7) is 0.571. The van der Waals surface area contributed by atoms with Crippen molar-refractivity contribution in [3.8, 4) is 11.5 Å². The number of hydrogen-bond donors (Lipinski definition) is 1. The Morgan fingerprint density at radius 3 is 2.61 bits per heavy atom. The molecule has 5 nitrogen and oxygen atoms in total. The fourth-order valence-electron chi connectivity index (χ4n) is 1.55. The van der Waals surface area contributed by atoms with Gasteiger partial charge in [-0.1, -0.05) is 0 Å². The van der Waals surface area contributed by atoms with E-state index in [1.54, 1.807) is 6.07 Å². The molecule has 0 bridgehead atoms. The van der Waals surface area contributed by atoms with Gasteiger partial charge in [0.1, 0.15) is 0 Å². The number of Topliss-reactive ketones (excluding diaryl/α,β-unsaturated/α-hetero) is 1. The van der Waals surface area contributed by atoms with Crippen molar-refractivity contribution >= 4 is 11.8 Å².